The molecule has 36 heavy (non-hydrogen) atoms. The minimum absolute atomic E-state index is 0.0107. The largest absolute Gasteiger partial charge is 0.508 e. The molecule has 0 aliphatic rings. The number of nitrogens with zero attached hydrogens (tertiary/aromatic N) is 2. The van der Waals surface area contributed by atoms with Crippen molar-refractivity contribution in [3.8, 4) is 11.5 Å². The number of rotatable bonds is 9. The average molecular weight is 515 g/mol. The molecule has 0 spiro atoms. The predicted molar refractivity (Wildman–Crippen MR) is 138 cm³/mol. The molecule has 0 fully saturated rings. The number of benzene rings is 2. The summed E-state index contributed by atoms with van der Waals surface area (Å²) in [6, 6.07) is 4.48. The van der Waals surface area contributed by atoms with Crippen LogP contribution in [-0.4, -0.2) is 39.8 Å². The molecule has 0 aliphatic carbocycles. The molecule has 6 N–H and O–H groups in total. The minimum Gasteiger partial charge on any atom is -0.508 e. The van der Waals surface area contributed by atoms with Crippen LogP contribution in [0, 0.1) is 18.2 Å². The first-order valence-electron chi connectivity index (χ1n) is 11.3. The maximum atomic E-state index is 13.9. The van der Waals surface area contributed by atoms with Gasteiger partial charge in [0, 0.05) is 28.8 Å². The molecule has 190 valence electrons. The van der Waals surface area contributed by atoms with Crippen LogP contribution in [0.3, 0.4) is 0 Å². The third kappa shape index (κ3) is 5.49. The molecular formula is C25H28ClFN6O3. The molecule has 1 aromatic heterocycles. The fourth-order valence-electron chi connectivity index (χ4n) is 3.79. The van der Waals surface area contributed by atoms with E-state index >= 15 is 0 Å². The van der Waals surface area contributed by atoms with Crippen molar-refractivity contribution >= 4 is 34.9 Å². The molecule has 0 aliphatic heterocycles. The van der Waals surface area contributed by atoms with E-state index in [1.165, 1.54) is 12.4 Å². The highest BCUT2D eigenvalue weighted by Crippen LogP contribution is 2.38. The van der Waals surface area contributed by atoms with Crippen molar-refractivity contribution in [3.05, 3.63) is 69.2 Å². The second kappa shape index (κ2) is 11.2. The lowest BCUT2D eigenvalue weighted by Gasteiger charge is -2.24. The van der Waals surface area contributed by atoms with E-state index in [9.17, 15) is 14.3 Å². The number of nitrogens with one attached hydrogen (secondary N) is 3. The van der Waals surface area contributed by atoms with E-state index in [1.54, 1.807) is 13.0 Å². The first-order chi connectivity index (χ1) is 17.1. The Morgan fingerprint density at radius 2 is 1.97 bits per heavy atom. The van der Waals surface area contributed by atoms with Crippen LogP contribution in [0.15, 0.2) is 30.6 Å². The molecule has 1 unspecified atom stereocenters. The van der Waals surface area contributed by atoms with Gasteiger partial charge in [-0.1, -0.05) is 11.6 Å². The van der Waals surface area contributed by atoms with Gasteiger partial charge in [-0.2, -0.15) is 0 Å². The third-order valence-corrected chi connectivity index (χ3v) is 5.87. The Balaban J connectivity index is 2.09. The number of hydrogen-bond acceptors (Lipinski definition) is 8. The number of aromatic nitrogens is 2. The second-order valence-corrected chi connectivity index (χ2v) is 8.40. The van der Waals surface area contributed by atoms with E-state index in [-0.39, 0.29) is 40.1 Å². The number of phenols is 1. The molecule has 3 rings (SSSR count). The number of carbonyl (C=O) groups excluding carboxylic acids is 1. The highest BCUT2D eigenvalue weighted by molar-refractivity contribution is 6.32. The fourth-order valence-corrected chi connectivity index (χ4v) is 4.00. The zero-order valence-electron chi connectivity index (χ0n) is 20.4. The highest BCUT2D eigenvalue weighted by atomic mass is 35.5. The van der Waals surface area contributed by atoms with Crippen LogP contribution >= 0.6 is 11.6 Å². The summed E-state index contributed by atoms with van der Waals surface area (Å²) in [4.78, 5) is 21.1. The van der Waals surface area contributed by atoms with Gasteiger partial charge in [0.25, 0.3) is 5.91 Å². The number of hydrogen-bond donors (Lipinski definition) is 5. The van der Waals surface area contributed by atoms with Crippen LogP contribution < -0.4 is 21.1 Å². The van der Waals surface area contributed by atoms with Crippen molar-refractivity contribution in [2.45, 2.75) is 33.7 Å². The summed E-state index contributed by atoms with van der Waals surface area (Å²) in [6.45, 7) is 7.93. The van der Waals surface area contributed by atoms with Gasteiger partial charge in [-0.15, -0.1) is 0 Å². The van der Waals surface area contributed by atoms with Crippen molar-refractivity contribution in [1.29, 1.82) is 5.41 Å². The van der Waals surface area contributed by atoms with Crippen molar-refractivity contribution in [3.63, 3.8) is 0 Å². The van der Waals surface area contributed by atoms with Gasteiger partial charge in [-0.3, -0.25) is 10.2 Å². The topological polar surface area (TPSA) is 146 Å². The van der Waals surface area contributed by atoms with E-state index in [2.05, 4.69) is 20.6 Å². The molecule has 1 heterocycles. The minimum atomic E-state index is -0.707. The van der Waals surface area contributed by atoms with Gasteiger partial charge in [0.15, 0.2) is 0 Å². The monoisotopic (exact) mass is 514 g/mol. The zero-order valence-corrected chi connectivity index (χ0v) is 21.1. The normalized spacial score (nSPS) is 11.6. The molecule has 11 heteroatoms. The Morgan fingerprint density at radius 1 is 1.25 bits per heavy atom. The van der Waals surface area contributed by atoms with Crippen molar-refractivity contribution in [2.75, 3.05) is 24.2 Å². The third-order valence-electron chi connectivity index (χ3n) is 5.48. The van der Waals surface area contributed by atoms with E-state index in [4.69, 9.17) is 27.5 Å². The van der Waals surface area contributed by atoms with Gasteiger partial charge in [0.2, 0.25) is 0 Å². The van der Waals surface area contributed by atoms with Gasteiger partial charge in [-0.25, -0.2) is 14.4 Å². The molecule has 0 saturated heterocycles. The first kappa shape index (κ1) is 26.7. The van der Waals surface area contributed by atoms with Gasteiger partial charge in [0.05, 0.1) is 29.5 Å². The number of aromatic hydroxyl groups is 1. The van der Waals surface area contributed by atoms with Crippen molar-refractivity contribution in [1.82, 2.24) is 15.3 Å². The Morgan fingerprint density at radius 3 is 2.61 bits per heavy atom. The Labute approximate surface area is 213 Å². The summed E-state index contributed by atoms with van der Waals surface area (Å²) < 4.78 is 19.8. The van der Waals surface area contributed by atoms with E-state index in [1.807, 2.05) is 20.8 Å². The number of phenolic OH excluding ortho intramolecular Hbond substituents is 1. The van der Waals surface area contributed by atoms with E-state index in [0.717, 1.165) is 12.1 Å². The number of amides is 1. The number of carbonyl (C=O) groups is 1. The average Bonchev–Trinajstić information content (AvgIpc) is 2.80. The summed E-state index contributed by atoms with van der Waals surface area (Å²) in [5, 5.41) is 24.8. The zero-order chi connectivity index (χ0) is 26.6. The number of ether oxygens (including phenoxy) is 1. The van der Waals surface area contributed by atoms with Crippen molar-refractivity contribution in [2.24, 2.45) is 0 Å². The molecule has 9 nitrogen and oxygen atoms in total. The van der Waals surface area contributed by atoms with Gasteiger partial charge >= 0.3 is 0 Å². The SMILES string of the molecule is CCNC(=O)c1c(C)c(Cl)cc(C(C)Nc2ncnc(N)c2C(=N)c2cc(O)cc(F)c2)c1OCC. The molecular weight excluding hydrogens is 487 g/mol. The van der Waals surface area contributed by atoms with Crippen LogP contribution in [0.5, 0.6) is 11.5 Å². The fraction of sp³-hybridized carbons (Fsp3) is 0.280. The Kier molecular flexibility index (Phi) is 8.31. The van der Waals surface area contributed by atoms with Crippen LogP contribution in [0.25, 0.3) is 0 Å². The second-order valence-electron chi connectivity index (χ2n) is 7.99. The van der Waals surface area contributed by atoms with Gasteiger partial charge in [0.1, 0.15) is 35.3 Å². The quantitative estimate of drug-likeness (QED) is 0.262. The van der Waals surface area contributed by atoms with E-state index < -0.39 is 11.9 Å². The molecule has 2 aromatic carbocycles. The molecule has 0 saturated carbocycles. The summed E-state index contributed by atoms with van der Waals surface area (Å²) in [5.74, 6) is -0.790. The molecule has 1 amide bonds. The maximum absolute atomic E-state index is 13.9. The molecule has 0 radical (unpaired) electrons. The lowest BCUT2D eigenvalue weighted by molar-refractivity contribution is 0.0951. The number of nitrogens with two attached hydrogens (primary N) is 1. The van der Waals surface area contributed by atoms with Crippen molar-refractivity contribution < 1.29 is 19.0 Å². The van der Waals surface area contributed by atoms with E-state index in [0.29, 0.717) is 40.6 Å². The molecule has 1 atom stereocenters. The summed E-state index contributed by atoms with van der Waals surface area (Å²) in [6.07, 6.45) is 1.23. The van der Waals surface area contributed by atoms with Gasteiger partial charge < -0.3 is 26.2 Å². The number of anilines is 2. The summed E-state index contributed by atoms with van der Waals surface area (Å²) in [7, 11) is 0. The lowest BCUT2D eigenvalue weighted by atomic mass is 9.97. The maximum Gasteiger partial charge on any atom is 0.255 e. The summed E-state index contributed by atoms with van der Waals surface area (Å²) >= 11 is 6.50. The van der Waals surface area contributed by atoms with Crippen LogP contribution in [0.2, 0.25) is 5.02 Å². The Bertz CT molecular complexity index is 1300. The smallest absolute Gasteiger partial charge is 0.255 e. The Hall–Kier alpha value is -3.92. The lowest BCUT2D eigenvalue weighted by Crippen LogP contribution is -2.25. The highest BCUT2D eigenvalue weighted by Gasteiger charge is 2.26. The van der Waals surface area contributed by atoms with Crippen LogP contribution in [0.4, 0.5) is 16.0 Å². The number of halogens is 2. The predicted octanol–water partition coefficient (Wildman–Crippen LogP) is 4.60. The first-order valence-corrected chi connectivity index (χ1v) is 11.7. The van der Waals surface area contributed by atoms with Crippen LogP contribution in [0.1, 0.15) is 59.4 Å². The standard InChI is InChI=1S/C25H28ClFN6O3/c1-5-30-25(35)19-12(3)18(26)10-17(22(19)36-6-2)13(4)33-24-20(23(29)31-11-32-24)21(28)14-7-15(27)9-16(34)8-14/h7-11,13,28,34H,5-6H2,1-4H3,(H,30,35)(H3,29,31,32,33). The molecule has 3 aromatic rings. The van der Waals surface area contributed by atoms with Crippen LogP contribution in [-0.2, 0) is 0 Å². The van der Waals surface area contributed by atoms with Gasteiger partial charge in [-0.05, 0) is 51.5 Å². The summed E-state index contributed by atoms with van der Waals surface area (Å²) in [5.41, 5.74) is 7.62. The molecule has 0 bridgehead atoms. The number of nitrogen functional groups attached to an aromatic ring is 1.